The second-order valence-electron chi connectivity index (χ2n) is 6.18. The lowest BCUT2D eigenvalue weighted by molar-refractivity contribution is 0.409. The molecule has 0 heterocycles. The van der Waals surface area contributed by atoms with Crippen LogP contribution >= 0.6 is 0 Å². The Morgan fingerprint density at radius 3 is 2.72 bits per heavy atom. The molecule has 0 aliphatic heterocycles. The summed E-state index contributed by atoms with van der Waals surface area (Å²) in [4.78, 5) is 0. The number of nitrogens with one attached hydrogen (secondary N) is 1. The van der Waals surface area contributed by atoms with Gasteiger partial charge in [-0.1, -0.05) is 51.0 Å². The molecule has 1 nitrogen and oxygen atoms in total. The smallest absolute Gasteiger partial charge is 0.0328 e. The monoisotopic (exact) mass is 245 g/mol. The Bertz CT molecular complexity index is 370. The second kappa shape index (κ2) is 6.38. The van der Waals surface area contributed by atoms with Crippen molar-refractivity contribution in [2.45, 2.75) is 65.0 Å². The van der Waals surface area contributed by atoms with Gasteiger partial charge in [0.05, 0.1) is 0 Å². The largest absolute Gasteiger partial charge is 0.307 e. The minimum Gasteiger partial charge on any atom is -0.307 e. The minimum absolute atomic E-state index is 0.593. The van der Waals surface area contributed by atoms with Gasteiger partial charge >= 0.3 is 0 Å². The van der Waals surface area contributed by atoms with Crippen LogP contribution in [0.1, 0.15) is 63.6 Å². The number of hydrogen-bond acceptors (Lipinski definition) is 1. The molecule has 0 fully saturated rings. The highest BCUT2D eigenvalue weighted by Gasteiger charge is 2.22. The van der Waals surface area contributed by atoms with Crippen molar-refractivity contribution in [2.24, 2.45) is 5.92 Å². The first-order valence-electron chi connectivity index (χ1n) is 7.50. The van der Waals surface area contributed by atoms with Gasteiger partial charge in [0, 0.05) is 12.1 Å². The number of benzene rings is 1. The molecule has 0 spiro atoms. The molecule has 1 aromatic rings. The van der Waals surface area contributed by atoms with Gasteiger partial charge < -0.3 is 5.32 Å². The highest BCUT2D eigenvalue weighted by Crippen LogP contribution is 2.31. The van der Waals surface area contributed by atoms with E-state index in [1.165, 1.54) is 37.7 Å². The van der Waals surface area contributed by atoms with Crippen molar-refractivity contribution in [1.29, 1.82) is 0 Å². The zero-order chi connectivity index (χ0) is 13.0. The van der Waals surface area contributed by atoms with Crippen molar-refractivity contribution in [2.75, 3.05) is 0 Å². The molecule has 0 radical (unpaired) electrons. The van der Waals surface area contributed by atoms with Crippen LogP contribution in [0.25, 0.3) is 0 Å². The van der Waals surface area contributed by atoms with Crippen LogP contribution in [0.4, 0.5) is 0 Å². The predicted molar refractivity (Wildman–Crippen MR) is 78.8 cm³/mol. The standard InChI is InChI=1S/C17H27N/c1-13(2)7-6-8-14(3)18-17-12-11-15-9-4-5-10-16(15)17/h4-5,9-10,13-14,17-18H,6-8,11-12H2,1-3H3. The average molecular weight is 245 g/mol. The van der Waals surface area contributed by atoms with Crippen LogP contribution in [0.3, 0.4) is 0 Å². The van der Waals surface area contributed by atoms with Crippen LogP contribution in [-0.2, 0) is 6.42 Å². The lowest BCUT2D eigenvalue weighted by Crippen LogP contribution is -2.29. The Morgan fingerprint density at radius 2 is 1.94 bits per heavy atom. The zero-order valence-electron chi connectivity index (χ0n) is 12.1. The Kier molecular flexibility index (Phi) is 4.82. The van der Waals surface area contributed by atoms with Crippen molar-refractivity contribution in [1.82, 2.24) is 5.32 Å². The molecule has 2 rings (SSSR count). The number of hydrogen-bond donors (Lipinski definition) is 1. The highest BCUT2D eigenvalue weighted by atomic mass is 14.9. The fraction of sp³-hybridized carbons (Fsp3) is 0.647. The number of rotatable bonds is 6. The summed E-state index contributed by atoms with van der Waals surface area (Å²) >= 11 is 0. The Morgan fingerprint density at radius 1 is 1.17 bits per heavy atom. The van der Waals surface area contributed by atoms with E-state index in [1.807, 2.05) is 0 Å². The highest BCUT2D eigenvalue weighted by molar-refractivity contribution is 5.34. The van der Waals surface area contributed by atoms with E-state index in [0.29, 0.717) is 12.1 Å². The summed E-state index contributed by atoms with van der Waals surface area (Å²) in [6.45, 7) is 6.96. The maximum absolute atomic E-state index is 3.81. The first-order chi connectivity index (χ1) is 8.66. The molecule has 2 atom stereocenters. The molecular weight excluding hydrogens is 218 g/mol. The van der Waals surface area contributed by atoms with E-state index in [2.05, 4.69) is 50.4 Å². The fourth-order valence-electron chi connectivity index (χ4n) is 2.99. The summed E-state index contributed by atoms with van der Waals surface area (Å²) in [5.41, 5.74) is 3.08. The molecule has 0 saturated carbocycles. The molecule has 100 valence electrons. The zero-order valence-corrected chi connectivity index (χ0v) is 12.1. The topological polar surface area (TPSA) is 12.0 Å². The second-order valence-corrected chi connectivity index (χ2v) is 6.18. The van der Waals surface area contributed by atoms with E-state index < -0.39 is 0 Å². The van der Waals surface area contributed by atoms with Crippen LogP contribution in [-0.4, -0.2) is 6.04 Å². The molecule has 1 aliphatic rings. The average Bonchev–Trinajstić information content (AvgIpc) is 2.72. The molecule has 0 saturated heterocycles. The van der Waals surface area contributed by atoms with Gasteiger partial charge in [-0.3, -0.25) is 0 Å². The van der Waals surface area contributed by atoms with Gasteiger partial charge in [-0.25, -0.2) is 0 Å². The van der Waals surface area contributed by atoms with Gasteiger partial charge in [0.15, 0.2) is 0 Å². The molecule has 0 bridgehead atoms. The van der Waals surface area contributed by atoms with E-state index in [9.17, 15) is 0 Å². The van der Waals surface area contributed by atoms with E-state index in [1.54, 1.807) is 5.56 Å². The maximum Gasteiger partial charge on any atom is 0.0328 e. The third-order valence-corrected chi connectivity index (χ3v) is 4.04. The fourth-order valence-corrected chi connectivity index (χ4v) is 2.99. The predicted octanol–water partition coefficient (Wildman–Crippen LogP) is 4.48. The van der Waals surface area contributed by atoms with E-state index >= 15 is 0 Å². The number of aryl methyl sites for hydroxylation is 1. The SMILES string of the molecule is CC(C)CCCC(C)NC1CCc2ccccc21. The van der Waals surface area contributed by atoms with Gasteiger partial charge in [-0.2, -0.15) is 0 Å². The molecular formula is C17H27N. The van der Waals surface area contributed by atoms with Crippen LogP contribution < -0.4 is 5.32 Å². The molecule has 1 N–H and O–H groups in total. The summed E-state index contributed by atoms with van der Waals surface area (Å²) in [5, 5.41) is 3.81. The molecule has 0 aromatic heterocycles. The van der Waals surface area contributed by atoms with E-state index in [4.69, 9.17) is 0 Å². The molecule has 2 unspecified atom stereocenters. The first-order valence-corrected chi connectivity index (χ1v) is 7.50. The molecule has 1 heteroatoms. The van der Waals surface area contributed by atoms with E-state index in [0.717, 1.165) is 5.92 Å². The Labute approximate surface area is 112 Å². The lowest BCUT2D eigenvalue weighted by atomic mass is 10.0. The van der Waals surface area contributed by atoms with Crippen LogP contribution in [0.2, 0.25) is 0 Å². The third-order valence-electron chi connectivity index (χ3n) is 4.04. The summed E-state index contributed by atoms with van der Waals surface area (Å²) in [7, 11) is 0. The normalized spacial score (nSPS) is 20.1. The summed E-state index contributed by atoms with van der Waals surface area (Å²) in [5.74, 6) is 0.837. The van der Waals surface area contributed by atoms with E-state index in [-0.39, 0.29) is 0 Å². The Balaban J connectivity index is 1.80. The van der Waals surface area contributed by atoms with Crippen molar-refractivity contribution >= 4 is 0 Å². The van der Waals surface area contributed by atoms with Crippen molar-refractivity contribution < 1.29 is 0 Å². The first kappa shape index (κ1) is 13.6. The van der Waals surface area contributed by atoms with Gasteiger partial charge in [0.2, 0.25) is 0 Å². The van der Waals surface area contributed by atoms with Gasteiger partial charge in [0.1, 0.15) is 0 Å². The molecule has 1 aliphatic carbocycles. The minimum atomic E-state index is 0.593. The summed E-state index contributed by atoms with van der Waals surface area (Å²) in [6, 6.07) is 10.1. The van der Waals surface area contributed by atoms with Crippen molar-refractivity contribution in [3.8, 4) is 0 Å². The molecule has 1 aromatic carbocycles. The van der Waals surface area contributed by atoms with Crippen molar-refractivity contribution in [3.63, 3.8) is 0 Å². The molecule has 0 amide bonds. The lowest BCUT2D eigenvalue weighted by Gasteiger charge is -2.20. The van der Waals surface area contributed by atoms with Crippen LogP contribution in [0.5, 0.6) is 0 Å². The van der Waals surface area contributed by atoms with Crippen LogP contribution in [0.15, 0.2) is 24.3 Å². The quantitative estimate of drug-likeness (QED) is 0.779. The summed E-state index contributed by atoms with van der Waals surface area (Å²) < 4.78 is 0. The Hall–Kier alpha value is -0.820. The van der Waals surface area contributed by atoms with Crippen molar-refractivity contribution in [3.05, 3.63) is 35.4 Å². The van der Waals surface area contributed by atoms with Gasteiger partial charge in [0.25, 0.3) is 0 Å². The maximum atomic E-state index is 3.81. The van der Waals surface area contributed by atoms with Gasteiger partial charge in [-0.15, -0.1) is 0 Å². The molecule has 18 heavy (non-hydrogen) atoms. The third kappa shape index (κ3) is 3.58. The number of fused-ring (bicyclic) bond motifs is 1. The van der Waals surface area contributed by atoms with Crippen LogP contribution in [0, 0.1) is 5.92 Å². The summed E-state index contributed by atoms with van der Waals surface area (Å²) in [6.07, 6.45) is 6.52. The van der Waals surface area contributed by atoms with Gasteiger partial charge in [-0.05, 0) is 43.2 Å².